The molecule has 0 saturated carbocycles. The van der Waals surface area contributed by atoms with Crippen molar-refractivity contribution >= 4 is 17.3 Å². The van der Waals surface area contributed by atoms with E-state index in [1.54, 1.807) is 6.07 Å². The van der Waals surface area contributed by atoms with E-state index >= 15 is 0 Å². The molecule has 1 amide bonds. The number of amides is 1. The van der Waals surface area contributed by atoms with E-state index in [4.69, 9.17) is 5.73 Å². The van der Waals surface area contributed by atoms with Gasteiger partial charge in [-0.05, 0) is 18.4 Å². The van der Waals surface area contributed by atoms with Gasteiger partial charge in [0.15, 0.2) is 0 Å². The van der Waals surface area contributed by atoms with Crippen molar-refractivity contribution in [3.8, 4) is 0 Å². The molecule has 0 unspecified atom stereocenters. The third-order valence-corrected chi connectivity index (χ3v) is 4.21. The first kappa shape index (κ1) is 12.9. The molecule has 7 heteroatoms. The molecule has 7 nitrogen and oxygen atoms in total. The fourth-order valence-electron chi connectivity index (χ4n) is 3.23. The number of nitrogens with one attached hydrogen (secondary N) is 1. The maximum Gasteiger partial charge on any atom is 0.270 e. The Hall–Kier alpha value is -2.15. The van der Waals surface area contributed by atoms with E-state index in [1.807, 2.05) is 0 Å². The van der Waals surface area contributed by atoms with Gasteiger partial charge in [0, 0.05) is 37.8 Å². The van der Waals surface area contributed by atoms with Gasteiger partial charge in [-0.15, -0.1) is 0 Å². The van der Waals surface area contributed by atoms with E-state index in [0.29, 0.717) is 17.6 Å². The quantitative estimate of drug-likeness (QED) is 0.618. The van der Waals surface area contributed by atoms with E-state index in [-0.39, 0.29) is 11.3 Å². The third kappa shape index (κ3) is 2.00. The molecule has 2 fully saturated rings. The maximum atomic E-state index is 11.6. The van der Waals surface area contributed by atoms with E-state index < -0.39 is 10.8 Å². The molecule has 3 N–H and O–H groups in total. The lowest BCUT2D eigenvalue weighted by molar-refractivity contribution is -0.384. The summed E-state index contributed by atoms with van der Waals surface area (Å²) < 4.78 is 0. The molecule has 0 spiro atoms. The lowest BCUT2D eigenvalue weighted by Gasteiger charge is -2.27. The SMILES string of the molecule is NC(=O)c1cc([N+](=O)[O-])ccc1N1CC[C@H]2CNC[C@H]21. The number of nitrogens with zero attached hydrogens (tertiary/aromatic N) is 2. The number of anilines is 1. The van der Waals surface area contributed by atoms with Crippen LogP contribution in [0.25, 0.3) is 0 Å². The fourth-order valence-corrected chi connectivity index (χ4v) is 3.23. The van der Waals surface area contributed by atoms with Crippen LogP contribution in [0.2, 0.25) is 0 Å². The molecule has 2 atom stereocenters. The highest BCUT2D eigenvalue weighted by Gasteiger charge is 2.38. The van der Waals surface area contributed by atoms with E-state index in [0.717, 1.165) is 26.1 Å². The van der Waals surface area contributed by atoms with Crippen LogP contribution in [0.4, 0.5) is 11.4 Å². The average molecular weight is 276 g/mol. The first-order valence-electron chi connectivity index (χ1n) is 6.63. The van der Waals surface area contributed by atoms with Crippen molar-refractivity contribution in [1.82, 2.24) is 5.32 Å². The Kier molecular flexibility index (Phi) is 3.06. The molecular formula is C13H16N4O3. The molecule has 0 bridgehead atoms. The summed E-state index contributed by atoms with van der Waals surface area (Å²) >= 11 is 0. The van der Waals surface area contributed by atoms with Crippen LogP contribution < -0.4 is 16.0 Å². The lowest BCUT2D eigenvalue weighted by atomic mass is 10.0. The highest BCUT2D eigenvalue weighted by molar-refractivity contribution is 5.99. The van der Waals surface area contributed by atoms with Crippen LogP contribution in [0.15, 0.2) is 18.2 Å². The minimum Gasteiger partial charge on any atom is -0.366 e. The number of fused-ring (bicyclic) bond motifs is 1. The number of carbonyl (C=O) groups is 1. The third-order valence-electron chi connectivity index (χ3n) is 4.21. The molecule has 1 aromatic carbocycles. The van der Waals surface area contributed by atoms with Crippen molar-refractivity contribution < 1.29 is 9.72 Å². The molecule has 2 saturated heterocycles. The summed E-state index contributed by atoms with van der Waals surface area (Å²) in [5.74, 6) is -0.0518. The Morgan fingerprint density at radius 2 is 2.25 bits per heavy atom. The zero-order chi connectivity index (χ0) is 14.3. The van der Waals surface area contributed by atoms with Crippen LogP contribution in [-0.4, -0.2) is 36.5 Å². The number of nitrogens with two attached hydrogens (primary N) is 1. The summed E-state index contributed by atoms with van der Waals surface area (Å²) in [6, 6.07) is 4.68. The van der Waals surface area contributed by atoms with Gasteiger partial charge in [-0.1, -0.05) is 0 Å². The topological polar surface area (TPSA) is 102 Å². The van der Waals surface area contributed by atoms with Gasteiger partial charge in [0.25, 0.3) is 11.6 Å². The van der Waals surface area contributed by atoms with Crippen molar-refractivity contribution in [3.63, 3.8) is 0 Å². The van der Waals surface area contributed by atoms with Crippen LogP contribution in [0.5, 0.6) is 0 Å². The Labute approximate surface area is 115 Å². The van der Waals surface area contributed by atoms with E-state index in [1.165, 1.54) is 12.1 Å². The zero-order valence-corrected chi connectivity index (χ0v) is 10.9. The number of hydrogen-bond donors (Lipinski definition) is 2. The first-order chi connectivity index (χ1) is 9.58. The Bertz CT molecular complexity index is 575. The van der Waals surface area contributed by atoms with Gasteiger partial charge in [-0.2, -0.15) is 0 Å². The summed E-state index contributed by atoms with van der Waals surface area (Å²) in [5.41, 5.74) is 6.21. The Morgan fingerprint density at radius 3 is 2.95 bits per heavy atom. The van der Waals surface area contributed by atoms with Crippen LogP contribution in [0.1, 0.15) is 16.8 Å². The van der Waals surface area contributed by atoms with Gasteiger partial charge in [-0.3, -0.25) is 14.9 Å². The number of non-ortho nitro benzene ring substituents is 1. The number of rotatable bonds is 3. The van der Waals surface area contributed by atoms with Crippen molar-refractivity contribution in [2.45, 2.75) is 12.5 Å². The maximum absolute atomic E-state index is 11.6. The average Bonchev–Trinajstić information content (AvgIpc) is 3.00. The lowest BCUT2D eigenvalue weighted by Crippen LogP contribution is -2.35. The smallest absolute Gasteiger partial charge is 0.270 e. The number of carbonyl (C=O) groups excluding carboxylic acids is 1. The largest absolute Gasteiger partial charge is 0.366 e. The molecule has 0 aliphatic carbocycles. The van der Waals surface area contributed by atoms with Crippen LogP contribution in [0, 0.1) is 16.0 Å². The summed E-state index contributed by atoms with van der Waals surface area (Å²) in [4.78, 5) is 24.1. The molecule has 2 heterocycles. The molecule has 0 aromatic heterocycles. The standard InChI is InChI=1S/C13H16N4O3/c14-13(18)10-5-9(17(19)20)1-2-11(10)16-4-3-8-6-15-7-12(8)16/h1-2,5,8,12,15H,3-4,6-7H2,(H2,14,18)/t8-,12+/m0/s1. The van der Waals surface area contributed by atoms with Crippen molar-refractivity contribution in [3.05, 3.63) is 33.9 Å². The summed E-state index contributed by atoms with van der Waals surface area (Å²) in [6.07, 6.45) is 1.06. The normalized spacial score (nSPS) is 24.7. The minimum atomic E-state index is -0.627. The zero-order valence-electron chi connectivity index (χ0n) is 10.9. The summed E-state index contributed by atoms with van der Waals surface area (Å²) in [7, 11) is 0. The molecule has 3 rings (SSSR count). The van der Waals surface area contributed by atoms with Gasteiger partial charge >= 0.3 is 0 Å². The Balaban J connectivity index is 2.00. The van der Waals surface area contributed by atoms with Crippen LogP contribution in [-0.2, 0) is 0 Å². The van der Waals surface area contributed by atoms with Crippen molar-refractivity contribution in [1.29, 1.82) is 0 Å². The van der Waals surface area contributed by atoms with Crippen molar-refractivity contribution in [2.75, 3.05) is 24.5 Å². The minimum absolute atomic E-state index is 0.108. The monoisotopic (exact) mass is 276 g/mol. The second-order valence-corrected chi connectivity index (χ2v) is 5.29. The molecular weight excluding hydrogens is 260 g/mol. The van der Waals surface area contributed by atoms with Crippen LogP contribution in [0.3, 0.4) is 0 Å². The van der Waals surface area contributed by atoms with Gasteiger partial charge in [0.2, 0.25) is 0 Å². The second kappa shape index (κ2) is 4.75. The molecule has 20 heavy (non-hydrogen) atoms. The summed E-state index contributed by atoms with van der Waals surface area (Å²) in [6.45, 7) is 2.72. The van der Waals surface area contributed by atoms with Gasteiger partial charge in [0.1, 0.15) is 0 Å². The predicted molar refractivity (Wildman–Crippen MR) is 73.7 cm³/mol. The summed E-state index contributed by atoms with van der Waals surface area (Å²) in [5, 5.41) is 14.2. The van der Waals surface area contributed by atoms with E-state index in [2.05, 4.69) is 10.2 Å². The van der Waals surface area contributed by atoms with Crippen LogP contribution >= 0.6 is 0 Å². The predicted octanol–water partition coefficient (Wildman–Crippen LogP) is 0.492. The number of nitro benzene ring substituents is 1. The highest BCUT2D eigenvalue weighted by atomic mass is 16.6. The molecule has 106 valence electrons. The molecule has 2 aliphatic heterocycles. The molecule has 2 aliphatic rings. The molecule has 0 radical (unpaired) electrons. The second-order valence-electron chi connectivity index (χ2n) is 5.29. The number of benzene rings is 1. The number of primary amides is 1. The van der Waals surface area contributed by atoms with Gasteiger partial charge in [-0.25, -0.2) is 0 Å². The number of nitro groups is 1. The van der Waals surface area contributed by atoms with Crippen molar-refractivity contribution in [2.24, 2.45) is 11.7 Å². The van der Waals surface area contributed by atoms with Gasteiger partial charge in [0.05, 0.1) is 16.2 Å². The first-order valence-corrected chi connectivity index (χ1v) is 6.63. The molecule has 1 aromatic rings. The fraction of sp³-hybridized carbons (Fsp3) is 0.462. The van der Waals surface area contributed by atoms with E-state index in [9.17, 15) is 14.9 Å². The van der Waals surface area contributed by atoms with Gasteiger partial charge < -0.3 is 16.0 Å². The Morgan fingerprint density at radius 1 is 1.45 bits per heavy atom. The number of hydrogen-bond acceptors (Lipinski definition) is 5. The highest BCUT2D eigenvalue weighted by Crippen LogP contribution is 2.35.